The topological polar surface area (TPSA) is 89.2 Å². The molecule has 160 valence electrons. The van der Waals surface area contributed by atoms with E-state index >= 15 is 0 Å². The summed E-state index contributed by atoms with van der Waals surface area (Å²) in [5.74, 6) is 0.197. The number of fused-ring (bicyclic) bond motifs is 1. The summed E-state index contributed by atoms with van der Waals surface area (Å²) < 4.78 is 29.4. The Morgan fingerprint density at radius 2 is 1.97 bits per heavy atom. The van der Waals surface area contributed by atoms with Gasteiger partial charge in [0.05, 0.1) is 17.0 Å². The van der Waals surface area contributed by atoms with E-state index in [1.165, 1.54) is 6.26 Å². The Hall–Kier alpha value is -2.32. The third-order valence-corrected chi connectivity index (χ3v) is 7.49. The molecular weight excluding hydrogens is 400 g/mol. The Balaban J connectivity index is 1.55. The van der Waals surface area contributed by atoms with Gasteiger partial charge in [0.1, 0.15) is 20.9 Å². The monoisotopic (exact) mass is 428 g/mol. The molecule has 3 heterocycles. The molecule has 30 heavy (non-hydrogen) atoms. The van der Waals surface area contributed by atoms with Crippen molar-refractivity contribution in [2.75, 3.05) is 25.1 Å². The Bertz CT molecular complexity index is 1130. The van der Waals surface area contributed by atoms with Crippen molar-refractivity contribution >= 4 is 20.9 Å². The summed E-state index contributed by atoms with van der Waals surface area (Å²) in [6.45, 7) is 5.91. The molecule has 0 radical (unpaired) electrons. The van der Waals surface area contributed by atoms with Gasteiger partial charge in [0.25, 0.3) is 0 Å². The first-order valence-corrected chi connectivity index (χ1v) is 12.3. The maximum atomic E-state index is 12.3. The minimum atomic E-state index is -3.11. The molecule has 1 fully saturated rings. The van der Waals surface area contributed by atoms with Gasteiger partial charge in [-0.1, -0.05) is 12.1 Å². The van der Waals surface area contributed by atoms with Crippen molar-refractivity contribution < 1.29 is 13.0 Å². The van der Waals surface area contributed by atoms with Crippen molar-refractivity contribution in [1.29, 1.82) is 0 Å². The third kappa shape index (κ3) is 4.39. The number of aryl methyl sites for hydroxylation is 1. The zero-order valence-electron chi connectivity index (χ0n) is 17.7. The maximum Gasteiger partial charge on any atom is 0.148 e. The molecule has 0 aliphatic carbocycles. The third-order valence-electron chi connectivity index (χ3n) is 6.35. The molecule has 0 unspecified atom stereocenters. The van der Waals surface area contributed by atoms with E-state index in [1.54, 1.807) is 0 Å². The van der Waals surface area contributed by atoms with Crippen molar-refractivity contribution in [2.45, 2.75) is 38.6 Å². The molecule has 8 heteroatoms. The standard InChI is InChI=1S/C22H28N4O3S/c1-21(2,20-6-4-5-12-23-20)26-13-11-22(15-26,16-30(3,27)28)10-9-17-7-8-18-19(14-17)25-29-24-18/h4-8,12,14H,9-11,13,15-16H2,1-3H3/t22-/m1/s1. The first kappa shape index (κ1) is 20.9. The van der Waals surface area contributed by atoms with Gasteiger partial charge in [-0.05, 0) is 85.2 Å². The fourth-order valence-electron chi connectivity index (χ4n) is 4.64. The zero-order valence-corrected chi connectivity index (χ0v) is 18.5. The molecule has 1 aliphatic heterocycles. The van der Waals surface area contributed by atoms with Gasteiger partial charge in [-0.2, -0.15) is 0 Å². The molecule has 1 atom stereocenters. The van der Waals surface area contributed by atoms with Gasteiger partial charge in [0, 0.05) is 19.0 Å². The van der Waals surface area contributed by atoms with Gasteiger partial charge in [0.2, 0.25) is 0 Å². The van der Waals surface area contributed by atoms with Crippen LogP contribution < -0.4 is 0 Å². The largest absolute Gasteiger partial charge is 0.292 e. The molecule has 3 aromatic rings. The average Bonchev–Trinajstić information content (AvgIpc) is 3.33. The van der Waals surface area contributed by atoms with Crippen LogP contribution in [0.2, 0.25) is 0 Å². The highest BCUT2D eigenvalue weighted by Crippen LogP contribution is 2.42. The second-order valence-electron chi connectivity index (χ2n) is 9.10. The normalized spacial score (nSPS) is 20.8. The Kier molecular flexibility index (Phi) is 5.40. The number of rotatable bonds is 7. The molecule has 0 bridgehead atoms. The van der Waals surface area contributed by atoms with E-state index in [-0.39, 0.29) is 16.7 Å². The summed E-state index contributed by atoms with van der Waals surface area (Å²) >= 11 is 0. The second-order valence-corrected chi connectivity index (χ2v) is 11.2. The summed E-state index contributed by atoms with van der Waals surface area (Å²) in [5, 5.41) is 7.76. The lowest BCUT2D eigenvalue weighted by Gasteiger charge is -2.37. The van der Waals surface area contributed by atoms with Gasteiger partial charge < -0.3 is 0 Å². The van der Waals surface area contributed by atoms with Crippen molar-refractivity contribution in [1.82, 2.24) is 20.2 Å². The Morgan fingerprint density at radius 3 is 2.70 bits per heavy atom. The van der Waals surface area contributed by atoms with Crippen LogP contribution in [0.25, 0.3) is 11.0 Å². The molecule has 1 saturated heterocycles. The van der Waals surface area contributed by atoms with Crippen LogP contribution in [0.4, 0.5) is 0 Å². The Labute approximate surface area is 177 Å². The fourth-order valence-corrected chi connectivity index (χ4v) is 6.13. The first-order chi connectivity index (χ1) is 14.2. The van der Waals surface area contributed by atoms with E-state index in [9.17, 15) is 8.42 Å². The summed E-state index contributed by atoms with van der Waals surface area (Å²) in [4.78, 5) is 6.93. The lowest BCUT2D eigenvalue weighted by Crippen LogP contribution is -2.43. The maximum absolute atomic E-state index is 12.3. The van der Waals surface area contributed by atoms with Crippen LogP contribution >= 0.6 is 0 Å². The molecule has 0 amide bonds. The fraction of sp³-hybridized carbons (Fsp3) is 0.500. The van der Waals surface area contributed by atoms with Crippen LogP contribution in [0.1, 0.15) is 37.9 Å². The minimum Gasteiger partial charge on any atom is -0.292 e. The SMILES string of the molecule is CC(C)(c1ccccn1)N1CC[C@@](CCc2ccc3nonc3c2)(CS(C)(=O)=O)C1. The molecule has 1 aliphatic rings. The quantitative estimate of drug-likeness (QED) is 0.571. The summed E-state index contributed by atoms with van der Waals surface area (Å²) in [7, 11) is -3.11. The smallest absolute Gasteiger partial charge is 0.148 e. The van der Waals surface area contributed by atoms with Crippen LogP contribution in [-0.2, 0) is 21.8 Å². The predicted octanol–water partition coefficient (Wildman–Crippen LogP) is 3.22. The molecule has 0 saturated carbocycles. The predicted molar refractivity (Wildman–Crippen MR) is 116 cm³/mol. The van der Waals surface area contributed by atoms with Crippen molar-refractivity contribution in [3.8, 4) is 0 Å². The van der Waals surface area contributed by atoms with Crippen LogP contribution in [0.3, 0.4) is 0 Å². The van der Waals surface area contributed by atoms with E-state index in [2.05, 4.69) is 34.0 Å². The first-order valence-electron chi connectivity index (χ1n) is 10.2. The number of likely N-dealkylation sites (tertiary alicyclic amines) is 1. The van der Waals surface area contributed by atoms with Crippen LogP contribution in [0.15, 0.2) is 47.2 Å². The number of hydrogen-bond acceptors (Lipinski definition) is 7. The van der Waals surface area contributed by atoms with Gasteiger partial charge in [0.15, 0.2) is 0 Å². The molecule has 0 N–H and O–H groups in total. The molecular formula is C22H28N4O3S. The average molecular weight is 429 g/mol. The van der Waals surface area contributed by atoms with Crippen LogP contribution in [-0.4, -0.2) is 53.7 Å². The molecule has 0 spiro atoms. The van der Waals surface area contributed by atoms with Crippen LogP contribution in [0.5, 0.6) is 0 Å². The van der Waals surface area contributed by atoms with E-state index < -0.39 is 9.84 Å². The Morgan fingerprint density at radius 1 is 1.17 bits per heavy atom. The molecule has 7 nitrogen and oxygen atoms in total. The van der Waals surface area contributed by atoms with Crippen LogP contribution in [0, 0.1) is 5.41 Å². The summed E-state index contributed by atoms with van der Waals surface area (Å²) in [6.07, 6.45) is 5.59. The highest BCUT2D eigenvalue weighted by molar-refractivity contribution is 7.90. The molecule has 4 rings (SSSR count). The number of aromatic nitrogens is 3. The number of pyridine rings is 1. The van der Waals surface area contributed by atoms with Gasteiger partial charge >= 0.3 is 0 Å². The van der Waals surface area contributed by atoms with Crippen molar-refractivity contribution in [2.24, 2.45) is 5.41 Å². The van der Waals surface area contributed by atoms with E-state index in [1.807, 2.05) is 42.6 Å². The minimum absolute atomic E-state index is 0.197. The zero-order chi connectivity index (χ0) is 21.4. The number of nitrogens with zero attached hydrogens (tertiary/aromatic N) is 4. The lowest BCUT2D eigenvalue weighted by atomic mass is 9.83. The van der Waals surface area contributed by atoms with Gasteiger partial charge in [-0.25, -0.2) is 13.0 Å². The van der Waals surface area contributed by atoms with E-state index in [4.69, 9.17) is 4.63 Å². The van der Waals surface area contributed by atoms with Crippen molar-refractivity contribution in [3.05, 3.63) is 53.9 Å². The van der Waals surface area contributed by atoms with Gasteiger partial charge in [-0.3, -0.25) is 9.88 Å². The molecule has 2 aromatic heterocycles. The van der Waals surface area contributed by atoms with Gasteiger partial charge in [-0.15, -0.1) is 0 Å². The highest BCUT2D eigenvalue weighted by atomic mass is 32.2. The summed E-state index contributed by atoms with van der Waals surface area (Å²) in [6, 6.07) is 11.8. The van der Waals surface area contributed by atoms with E-state index in [0.29, 0.717) is 0 Å². The van der Waals surface area contributed by atoms with E-state index in [0.717, 1.165) is 54.6 Å². The number of benzene rings is 1. The second kappa shape index (κ2) is 7.74. The number of hydrogen-bond donors (Lipinski definition) is 0. The summed E-state index contributed by atoms with van der Waals surface area (Å²) in [5.41, 5.74) is 3.04. The lowest BCUT2D eigenvalue weighted by molar-refractivity contribution is 0.129. The number of sulfone groups is 1. The highest BCUT2D eigenvalue weighted by Gasteiger charge is 2.45. The van der Waals surface area contributed by atoms with Crippen molar-refractivity contribution in [3.63, 3.8) is 0 Å². The molecule has 1 aromatic carbocycles.